The first-order chi connectivity index (χ1) is 10.9. The standard InChI is InChI=1S/C17H25N3O3/c1-10(2)16(18)17(22)19-9-15(21)20-13-8-7-12-11(13)5-4-6-14(12)23-3/h4-6,10,13,16H,7-9,18H2,1-3H3,(H,19,22)(H,20,21)/t13?,16-/m0/s1. The molecule has 0 aliphatic heterocycles. The van der Waals surface area contributed by atoms with Gasteiger partial charge < -0.3 is 21.1 Å². The number of carbonyl (C=O) groups is 2. The van der Waals surface area contributed by atoms with Gasteiger partial charge in [0, 0.05) is 0 Å². The molecular formula is C17H25N3O3. The first-order valence-corrected chi connectivity index (χ1v) is 7.92. The molecule has 23 heavy (non-hydrogen) atoms. The highest BCUT2D eigenvalue weighted by molar-refractivity contribution is 5.87. The summed E-state index contributed by atoms with van der Waals surface area (Å²) in [6, 6.07) is 5.22. The quantitative estimate of drug-likeness (QED) is 0.726. The lowest BCUT2D eigenvalue weighted by atomic mass is 10.1. The molecule has 1 aliphatic carbocycles. The van der Waals surface area contributed by atoms with Gasteiger partial charge in [0.25, 0.3) is 0 Å². The van der Waals surface area contributed by atoms with Crippen molar-refractivity contribution >= 4 is 11.8 Å². The molecule has 126 valence electrons. The van der Waals surface area contributed by atoms with Crippen LogP contribution in [0, 0.1) is 5.92 Å². The van der Waals surface area contributed by atoms with Gasteiger partial charge in [-0.25, -0.2) is 0 Å². The van der Waals surface area contributed by atoms with Crippen LogP contribution in [0.3, 0.4) is 0 Å². The van der Waals surface area contributed by atoms with Crippen molar-refractivity contribution in [2.24, 2.45) is 11.7 Å². The van der Waals surface area contributed by atoms with Gasteiger partial charge in [0.2, 0.25) is 11.8 Å². The third kappa shape index (κ3) is 4.01. The van der Waals surface area contributed by atoms with Gasteiger partial charge in [-0.3, -0.25) is 9.59 Å². The lowest BCUT2D eigenvalue weighted by molar-refractivity contribution is -0.127. The van der Waals surface area contributed by atoms with E-state index in [1.807, 2.05) is 32.0 Å². The van der Waals surface area contributed by atoms with Crippen molar-refractivity contribution < 1.29 is 14.3 Å². The average molecular weight is 319 g/mol. The molecule has 1 aromatic carbocycles. The van der Waals surface area contributed by atoms with Gasteiger partial charge in [0.1, 0.15) is 5.75 Å². The van der Waals surface area contributed by atoms with Crippen molar-refractivity contribution in [2.75, 3.05) is 13.7 Å². The summed E-state index contributed by atoms with van der Waals surface area (Å²) in [6.07, 6.45) is 1.70. The fourth-order valence-electron chi connectivity index (χ4n) is 2.80. The highest BCUT2D eigenvalue weighted by Crippen LogP contribution is 2.36. The van der Waals surface area contributed by atoms with Crippen LogP contribution in [0.2, 0.25) is 0 Å². The van der Waals surface area contributed by atoms with Crippen LogP contribution in [-0.2, 0) is 16.0 Å². The van der Waals surface area contributed by atoms with Crippen LogP contribution in [0.4, 0.5) is 0 Å². The fraction of sp³-hybridized carbons (Fsp3) is 0.529. The Kier molecular flexibility index (Phi) is 5.60. The lowest BCUT2D eigenvalue weighted by Crippen LogP contribution is -2.47. The maximum absolute atomic E-state index is 12.1. The van der Waals surface area contributed by atoms with E-state index in [0.29, 0.717) is 0 Å². The SMILES string of the molecule is COc1cccc2c1CCC2NC(=O)CNC(=O)[C@@H](N)C(C)C. The van der Waals surface area contributed by atoms with Gasteiger partial charge in [0.05, 0.1) is 25.7 Å². The third-order valence-electron chi connectivity index (χ3n) is 4.23. The first-order valence-electron chi connectivity index (χ1n) is 7.92. The molecule has 2 amide bonds. The Labute approximate surface area is 136 Å². The fourth-order valence-corrected chi connectivity index (χ4v) is 2.80. The summed E-state index contributed by atoms with van der Waals surface area (Å²) in [7, 11) is 1.65. The van der Waals surface area contributed by atoms with Crippen LogP contribution in [0.15, 0.2) is 18.2 Å². The molecular weight excluding hydrogens is 294 g/mol. The summed E-state index contributed by atoms with van der Waals surface area (Å²) >= 11 is 0. The molecule has 0 saturated heterocycles. The molecule has 0 aromatic heterocycles. The highest BCUT2D eigenvalue weighted by Gasteiger charge is 2.26. The minimum absolute atomic E-state index is 0.0345. The molecule has 0 saturated carbocycles. The van der Waals surface area contributed by atoms with Gasteiger partial charge in [-0.2, -0.15) is 0 Å². The molecule has 2 atom stereocenters. The van der Waals surface area contributed by atoms with Gasteiger partial charge in [-0.05, 0) is 36.0 Å². The smallest absolute Gasteiger partial charge is 0.239 e. The predicted octanol–water partition coefficient (Wildman–Crippen LogP) is 0.898. The van der Waals surface area contributed by atoms with E-state index in [1.54, 1.807) is 7.11 Å². The highest BCUT2D eigenvalue weighted by atomic mass is 16.5. The molecule has 0 spiro atoms. The Balaban J connectivity index is 1.90. The molecule has 1 aliphatic rings. The number of hydrogen-bond donors (Lipinski definition) is 3. The van der Waals surface area contributed by atoms with Crippen molar-refractivity contribution in [1.82, 2.24) is 10.6 Å². The summed E-state index contributed by atoms with van der Waals surface area (Å²) in [5, 5.41) is 5.54. The number of fused-ring (bicyclic) bond motifs is 1. The minimum atomic E-state index is -0.598. The molecule has 0 heterocycles. The van der Waals surface area contributed by atoms with E-state index in [9.17, 15) is 9.59 Å². The Morgan fingerprint density at radius 2 is 2.13 bits per heavy atom. The molecule has 0 radical (unpaired) electrons. The summed E-state index contributed by atoms with van der Waals surface area (Å²) < 4.78 is 5.35. The maximum atomic E-state index is 12.1. The van der Waals surface area contributed by atoms with E-state index in [4.69, 9.17) is 10.5 Å². The Bertz CT molecular complexity index is 586. The number of carbonyl (C=O) groups excluding carboxylic acids is 2. The Morgan fingerprint density at radius 1 is 1.39 bits per heavy atom. The zero-order chi connectivity index (χ0) is 17.0. The number of benzene rings is 1. The Morgan fingerprint density at radius 3 is 2.78 bits per heavy atom. The van der Waals surface area contributed by atoms with Gasteiger partial charge >= 0.3 is 0 Å². The lowest BCUT2D eigenvalue weighted by Gasteiger charge is -2.17. The summed E-state index contributed by atoms with van der Waals surface area (Å²) in [5.74, 6) is 0.376. The molecule has 2 rings (SSSR count). The number of ether oxygens (including phenoxy) is 1. The van der Waals surface area contributed by atoms with E-state index in [0.717, 1.165) is 29.7 Å². The van der Waals surface area contributed by atoms with E-state index >= 15 is 0 Å². The summed E-state index contributed by atoms with van der Waals surface area (Å²) in [5.41, 5.74) is 7.98. The molecule has 6 nitrogen and oxygen atoms in total. The van der Waals surface area contributed by atoms with Crippen molar-refractivity contribution in [3.05, 3.63) is 29.3 Å². The molecule has 4 N–H and O–H groups in total. The first kappa shape index (κ1) is 17.3. The average Bonchev–Trinajstić information content (AvgIpc) is 2.94. The second kappa shape index (κ2) is 7.46. The van der Waals surface area contributed by atoms with Crippen LogP contribution in [0.25, 0.3) is 0 Å². The van der Waals surface area contributed by atoms with Crippen LogP contribution < -0.4 is 21.1 Å². The van der Waals surface area contributed by atoms with Crippen LogP contribution in [-0.4, -0.2) is 31.5 Å². The number of methoxy groups -OCH3 is 1. The summed E-state index contributed by atoms with van der Waals surface area (Å²) in [6.45, 7) is 3.68. The largest absolute Gasteiger partial charge is 0.496 e. The minimum Gasteiger partial charge on any atom is -0.496 e. The number of nitrogens with one attached hydrogen (secondary N) is 2. The van der Waals surface area contributed by atoms with Crippen molar-refractivity contribution in [3.8, 4) is 5.75 Å². The second-order valence-electron chi connectivity index (χ2n) is 6.17. The zero-order valence-corrected chi connectivity index (χ0v) is 13.9. The number of nitrogens with two attached hydrogens (primary N) is 1. The third-order valence-corrected chi connectivity index (χ3v) is 4.23. The topological polar surface area (TPSA) is 93.5 Å². The van der Waals surface area contributed by atoms with Crippen molar-refractivity contribution in [3.63, 3.8) is 0 Å². The zero-order valence-electron chi connectivity index (χ0n) is 13.9. The van der Waals surface area contributed by atoms with Gasteiger partial charge in [-0.1, -0.05) is 26.0 Å². The van der Waals surface area contributed by atoms with E-state index < -0.39 is 6.04 Å². The van der Waals surface area contributed by atoms with Crippen LogP contribution in [0.1, 0.15) is 37.4 Å². The van der Waals surface area contributed by atoms with Gasteiger partial charge in [-0.15, -0.1) is 0 Å². The molecule has 1 unspecified atom stereocenters. The number of amides is 2. The molecule has 6 heteroatoms. The molecule has 1 aromatic rings. The van der Waals surface area contributed by atoms with E-state index in [1.165, 1.54) is 0 Å². The second-order valence-corrected chi connectivity index (χ2v) is 6.17. The summed E-state index contributed by atoms with van der Waals surface area (Å²) in [4.78, 5) is 23.8. The normalized spacial score (nSPS) is 17.5. The van der Waals surface area contributed by atoms with E-state index in [-0.39, 0.29) is 30.3 Å². The van der Waals surface area contributed by atoms with Crippen LogP contribution in [0.5, 0.6) is 5.75 Å². The monoisotopic (exact) mass is 319 g/mol. The molecule has 0 bridgehead atoms. The van der Waals surface area contributed by atoms with Gasteiger partial charge in [0.15, 0.2) is 0 Å². The van der Waals surface area contributed by atoms with Crippen LogP contribution >= 0.6 is 0 Å². The predicted molar refractivity (Wildman–Crippen MR) is 88.0 cm³/mol. The van der Waals surface area contributed by atoms with E-state index in [2.05, 4.69) is 10.6 Å². The van der Waals surface area contributed by atoms with Crippen molar-refractivity contribution in [1.29, 1.82) is 0 Å². The van der Waals surface area contributed by atoms with Crippen molar-refractivity contribution in [2.45, 2.75) is 38.8 Å². The maximum Gasteiger partial charge on any atom is 0.239 e. The molecule has 0 fully saturated rings. The number of rotatable bonds is 6. The Hall–Kier alpha value is -2.08. The number of hydrogen-bond acceptors (Lipinski definition) is 4.